The van der Waals surface area contributed by atoms with Crippen molar-refractivity contribution in [1.29, 1.82) is 0 Å². The van der Waals surface area contributed by atoms with Crippen molar-refractivity contribution in [3.05, 3.63) is 29.8 Å². The molecule has 0 saturated carbocycles. The Morgan fingerprint density at radius 1 is 1.25 bits per heavy atom. The molecule has 0 unspecified atom stereocenters. The van der Waals surface area contributed by atoms with Gasteiger partial charge in [0.25, 0.3) is 0 Å². The molecule has 1 aromatic heterocycles. The number of thioether (sulfide) groups is 1. The molecule has 0 atom stereocenters. The number of hydrogen-bond acceptors (Lipinski definition) is 6. The van der Waals surface area contributed by atoms with Gasteiger partial charge in [-0.1, -0.05) is 36.0 Å². The van der Waals surface area contributed by atoms with Crippen LogP contribution in [0.2, 0.25) is 0 Å². The Morgan fingerprint density at radius 3 is 2.67 bits per heavy atom. The molecule has 0 fully saturated rings. The molecule has 2 aromatic rings. The molecule has 2 amide bonds. The van der Waals surface area contributed by atoms with Crippen molar-refractivity contribution in [3.63, 3.8) is 0 Å². The molecule has 24 heavy (non-hydrogen) atoms. The van der Waals surface area contributed by atoms with Crippen molar-refractivity contribution < 1.29 is 14.3 Å². The third kappa shape index (κ3) is 4.35. The van der Waals surface area contributed by atoms with Gasteiger partial charge in [-0.2, -0.15) is 0 Å². The number of carbonyl (C=O) groups is 2. The van der Waals surface area contributed by atoms with Crippen LogP contribution in [-0.4, -0.2) is 39.1 Å². The zero-order chi connectivity index (χ0) is 17.5. The number of amides is 2. The van der Waals surface area contributed by atoms with E-state index in [1.807, 2.05) is 42.7 Å². The summed E-state index contributed by atoms with van der Waals surface area (Å²) in [6.07, 6.45) is -0.736. The van der Waals surface area contributed by atoms with E-state index in [0.29, 0.717) is 11.7 Å². The fourth-order valence-corrected chi connectivity index (χ4v) is 2.95. The summed E-state index contributed by atoms with van der Waals surface area (Å²) in [4.78, 5) is 23.0. The highest BCUT2D eigenvalue weighted by atomic mass is 32.2. The fraction of sp³-hybridized carbons (Fsp3) is 0.375. The van der Waals surface area contributed by atoms with Crippen molar-refractivity contribution in [3.8, 4) is 11.4 Å². The maximum Gasteiger partial charge on any atom is 0.413 e. The van der Waals surface area contributed by atoms with E-state index < -0.39 is 12.0 Å². The van der Waals surface area contributed by atoms with Gasteiger partial charge in [-0.05, 0) is 26.3 Å². The molecule has 1 aromatic carbocycles. The highest BCUT2D eigenvalue weighted by molar-refractivity contribution is 7.99. The summed E-state index contributed by atoms with van der Waals surface area (Å²) < 4.78 is 6.62. The molecule has 0 aliphatic heterocycles. The lowest BCUT2D eigenvalue weighted by Gasteiger charge is -2.09. The van der Waals surface area contributed by atoms with Gasteiger partial charge >= 0.3 is 6.09 Å². The van der Waals surface area contributed by atoms with Gasteiger partial charge in [-0.25, -0.2) is 4.79 Å². The van der Waals surface area contributed by atoms with E-state index in [9.17, 15) is 9.59 Å². The van der Waals surface area contributed by atoms with E-state index in [2.05, 4.69) is 20.3 Å². The first-order chi connectivity index (χ1) is 11.6. The van der Waals surface area contributed by atoms with Gasteiger partial charge in [0.2, 0.25) is 5.91 Å². The molecule has 0 saturated heterocycles. The van der Waals surface area contributed by atoms with Crippen LogP contribution >= 0.6 is 11.8 Å². The Hall–Kier alpha value is -2.35. The topological polar surface area (TPSA) is 86.1 Å². The van der Waals surface area contributed by atoms with Crippen molar-refractivity contribution in [2.75, 3.05) is 12.4 Å². The number of alkyl carbamates (subject to hydrolysis) is 1. The van der Waals surface area contributed by atoms with Gasteiger partial charge in [0.05, 0.1) is 12.4 Å². The normalized spacial score (nSPS) is 10.5. The predicted molar refractivity (Wildman–Crippen MR) is 91.8 cm³/mol. The molecule has 0 bridgehead atoms. The highest BCUT2D eigenvalue weighted by Crippen LogP contribution is 2.25. The first-order valence-corrected chi connectivity index (χ1v) is 8.64. The Labute approximate surface area is 144 Å². The zero-order valence-corrected chi connectivity index (χ0v) is 14.7. The van der Waals surface area contributed by atoms with Gasteiger partial charge in [0.1, 0.15) is 0 Å². The first-order valence-electron chi connectivity index (χ1n) is 7.65. The van der Waals surface area contributed by atoms with Crippen LogP contribution in [0.25, 0.3) is 11.4 Å². The third-order valence-electron chi connectivity index (χ3n) is 3.27. The zero-order valence-electron chi connectivity index (χ0n) is 13.9. The lowest BCUT2D eigenvalue weighted by atomic mass is 10.1. The van der Waals surface area contributed by atoms with Crippen molar-refractivity contribution in [1.82, 2.24) is 20.1 Å². The van der Waals surface area contributed by atoms with Crippen LogP contribution in [0.4, 0.5) is 4.79 Å². The molecule has 2 rings (SSSR count). The smallest absolute Gasteiger partial charge is 0.413 e. The van der Waals surface area contributed by atoms with Crippen molar-refractivity contribution in [2.24, 2.45) is 0 Å². The molecular formula is C16H20N4O3S. The predicted octanol–water partition coefficient (Wildman–Crippen LogP) is 2.64. The van der Waals surface area contributed by atoms with E-state index >= 15 is 0 Å². The van der Waals surface area contributed by atoms with Crippen LogP contribution in [0, 0.1) is 6.92 Å². The summed E-state index contributed by atoms with van der Waals surface area (Å²) >= 11 is 1.23. The summed E-state index contributed by atoms with van der Waals surface area (Å²) in [7, 11) is 0. The number of aryl methyl sites for hydroxylation is 1. The number of ether oxygens (including phenoxy) is 1. The average Bonchev–Trinajstić information content (AvgIpc) is 2.96. The molecule has 0 aliphatic carbocycles. The largest absolute Gasteiger partial charge is 0.450 e. The lowest BCUT2D eigenvalue weighted by Crippen LogP contribution is -2.32. The fourth-order valence-electron chi connectivity index (χ4n) is 2.15. The van der Waals surface area contributed by atoms with Crippen molar-refractivity contribution >= 4 is 23.8 Å². The molecule has 128 valence electrons. The third-order valence-corrected chi connectivity index (χ3v) is 4.24. The second-order valence-corrected chi connectivity index (χ2v) is 5.87. The molecule has 0 aliphatic rings. The number of nitrogens with zero attached hydrogens (tertiary/aromatic N) is 3. The number of hydrogen-bond donors (Lipinski definition) is 1. The summed E-state index contributed by atoms with van der Waals surface area (Å²) in [6.45, 7) is 6.59. The van der Waals surface area contributed by atoms with Gasteiger partial charge in [0.15, 0.2) is 11.0 Å². The molecule has 8 heteroatoms. The van der Waals surface area contributed by atoms with E-state index in [0.717, 1.165) is 17.0 Å². The first kappa shape index (κ1) is 18.0. The lowest BCUT2D eigenvalue weighted by molar-refractivity contribution is -0.117. The van der Waals surface area contributed by atoms with Crippen LogP contribution in [-0.2, 0) is 16.1 Å². The number of nitrogens with one attached hydrogen (secondary N) is 1. The number of rotatable bonds is 6. The molecular weight excluding hydrogens is 328 g/mol. The number of carbonyl (C=O) groups excluding carboxylic acids is 2. The van der Waals surface area contributed by atoms with Gasteiger partial charge in [-0.15, -0.1) is 10.2 Å². The standard InChI is InChI=1S/C16H20N4O3S/c1-4-20-14(12-9-7-6-8-11(12)3)18-19-15(20)24-10-13(21)17-16(22)23-5-2/h6-9H,4-5,10H2,1-3H3,(H,17,21,22). The summed E-state index contributed by atoms with van der Waals surface area (Å²) in [5.41, 5.74) is 2.12. The quantitative estimate of drug-likeness (QED) is 0.808. The van der Waals surface area contributed by atoms with E-state index in [1.54, 1.807) is 6.92 Å². The highest BCUT2D eigenvalue weighted by Gasteiger charge is 2.16. The monoisotopic (exact) mass is 348 g/mol. The van der Waals surface area contributed by atoms with Crippen LogP contribution in [0.15, 0.2) is 29.4 Å². The number of benzene rings is 1. The molecule has 1 heterocycles. The van der Waals surface area contributed by atoms with Crippen LogP contribution in [0.3, 0.4) is 0 Å². The van der Waals surface area contributed by atoms with Crippen LogP contribution < -0.4 is 5.32 Å². The van der Waals surface area contributed by atoms with Gasteiger partial charge in [0, 0.05) is 12.1 Å². The minimum absolute atomic E-state index is 0.0602. The van der Waals surface area contributed by atoms with E-state index in [1.165, 1.54) is 11.8 Å². The van der Waals surface area contributed by atoms with Gasteiger partial charge < -0.3 is 9.30 Å². The Morgan fingerprint density at radius 2 is 2.00 bits per heavy atom. The molecule has 0 radical (unpaired) electrons. The Kier molecular flexibility index (Phi) is 6.36. The summed E-state index contributed by atoms with van der Waals surface area (Å²) in [5, 5.41) is 11.2. The minimum atomic E-state index is -0.736. The Balaban J connectivity index is 2.09. The van der Waals surface area contributed by atoms with E-state index in [-0.39, 0.29) is 12.4 Å². The Bertz CT molecular complexity index is 730. The molecule has 1 N–H and O–H groups in total. The van der Waals surface area contributed by atoms with E-state index in [4.69, 9.17) is 0 Å². The SMILES string of the molecule is CCOC(=O)NC(=O)CSc1nnc(-c2ccccc2C)n1CC. The number of aromatic nitrogens is 3. The van der Waals surface area contributed by atoms with Crippen LogP contribution in [0.1, 0.15) is 19.4 Å². The molecule has 0 spiro atoms. The second-order valence-electron chi connectivity index (χ2n) is 4.92. The van der Waals surface area contributed by atoms with Gasteiger partial charge in [-0.3, -0.25) is 10.1 Å². The van der Waals surface area contributed by atoms with Crippen LogP contribution in [0.5, 0.6) is 0 Å². The molecule has 7 nitrogen and oxygen atoms in total. The number of imide groups is 1. The maximum absolute atomic E-state index is 11.7. The van der Waals surface area contributed by atoms with Crippen molar-refractivity contribution in [2.45, 2.75) is 32.5 Å². The second kappa shape index (κ2) is 8.49. The maximum atomic E-state index is 11.7. The average molecular weight is 348 g/mol. The summed E-state index contributed by atoms with van der Waals surface area (Å²) in [6, 6.07) is 7.94. The summed E-state index contributed by atoms with van der Waals surface area (Å²) in [5.74, 6) is 0.399. The minimum Gasteiger partial charge on any atom is -0.450 e.